The lowest BCUT2D eigenvalue weighted by Crippen LogP contribution is -2.34. The highest BCUT2D eigenvalue weighted by molar-refractivity contribution is 14.1. The Labute approximate surface area is 177 Å². The van der Waals surface area contributed by atoms with Gasteiger partial charge in [0.2, 0.25) is 0 Å². The van der Waals surface area contributed by atoms with Crippen LogP contribution in [-0.4, -0.2) is 41.8 Å². The van der Waals surface area contributed by atoms with Crippen LogP contribution in [-0.2, 0) is 14.3 Å². The van der Waals surface area contributed by atoms with E-state index in [1.54, 1.807) is 19.9 Å². The number of thioether (sulfide) groups is 1. The van der Waals surface area contributed by atoms with E-state index < -0.39 is 5.97 Å². The van der Waals surface area contributed by atoms with Crippen LogP contribution in [0.25, 0.3) is 6.08 Å². The second kappa shape index (κ2) is 8.71. The van der Waals surface area contributed by atoms with E-state index in [-0.39, 0.29) is 23.8 Å². The molecule has 0 spiro atoms. The predicted molar refractivity (Wildman–Crippen MR) is 112 cm³/mol. The lowest BCUT2D eigenvalue weighted by Gasteiger charge is -2.16. The Hall–Kier alpha value is -0.820. The number of imide groups is 1. The number of rotatable bonds is 5. The Morgan fingerprint density at radius 2 is 1.88 bits per heavy atom. The number of nitrogens with zero attached hydrogens (tertiary/aromatic N) is 1. The van der Waals surface area contributed by atoms with Gasteiger partial charge in [-0.25, -0.2) is 4.79 Å². The van der Waals surface area contributed by atoms with Gasteiger partial charge in [-0.2, -0.15) is 0 Å². The fourth-order valence-corrected chi connectivity index (χ4v) is 5.16. The van der Waals surface area contributed by atoms with E-state index in [0.717, 1.165) is 24.5 Å². The number of hydrogen-bond donors (Lipinski definition) is 0. The maximum Gasteiger partial charge on any atom is 0.343 e. The third-order valence-corrected chi connectivity index (χ3v) is 5.71. The highest BCUT2D eigenvalue weighted by atomic mass is 127. The molecule has 1 aliphatic rings. The fraction of sp³-hybridized carbons (Fsp3) is 0.312. The van der Waals surface area contributed by atoms with E-state index in [4.69, 9.17) is 4.74 Å². The zero-order valence-electron chi connectivity index (χ0n) is 13.7. The van der Waals surface area contributed by atoms with Gasteiger partial charge in [-0.1, -0.05) is 0 Å². The Morgan fingerprint density at radius 1 is 1.28 bits per heavy atom. The van der Waals surface area contributed by atoms with Gasteiger partial charge >= 0.3 is 5.97 Å². The summed E-state index contributed by atoms with van der Waals surface area (Å²) in [5.41, 5.74) is 0.786. The maximum absolute atomic E-state index is 12.3. The summed E-state index contributed by atoms with van der Waals surface area (Å²) in [4.78, 5) is 37.2. The molecule has 1 aliphatic heterocycles. The van der Waals surface area contributed by atoms with Crippen molar-refractivity contribution in [2.45, 2.75) is 19.9 Å². The van der Waals surface area contributed by atoms with E-state index in [1.807, 2.05) is 12.1 Å². The van der Waals surface area contributed by atoms with Crippen molar-refractivity contribution in [2.24, 2.45) is 0 Å². The van der Waals surface area contributed by atoms with Crippen LogP contribution in [0.1, 0.15) is 19.4 Å². The molecule has 9 heteroatoms. The van der Waals surface area contributed by atoms with Gasteiger partial charge in [-0.05, 0) is 94.6 Å². The molecule has 0 atom stereocenters. The van der Waals surface area contributed by atoms with Gasteiger partial charge in [0, 0.05) is 6.04 Å². The fourth-order valence-electron chi connectivity index (χ4n) is 2.07. The molecule has 1 saturated heterocycles. The number of amides is 2. The third kappa shape index (κ3) is 4.88. The number of hydrogen-bond acceptors (Lipinski definition) is 6. The molecule has 2 rings (SSSR count). The molecule has 1 fully saturated rings. The Kier molecular flexibility index (Phi) is 7.14. The number of ether oxygens (including phenoxy) is 2. The van der Waals surface area contributed by atoms with E-state index >= 15 is 0 Å². The topological polar surface area (TPSA) is 72.9 Å². The van der Waals surface area contributed by atoms with Crippen LogP contribution in [0.5, 0.6) is 5.75 Å². The molecule has 25 heavy (non-hydrogen) atoms. The van der Waals surface area contributed by atoms with Gasteiger partial charge in [-0.15, -0.1) is 0 Å². The summed E-state index contributed by atoms with van der Waals surface area (Å²) in [6.07, 6.45) is 1.70. The molecule has 0 N–H and O–H groups in total. The molecular formula is C16H15I2NO5S. The second-order valence-corrected chi connectivity index (χ2v) is 8.64. The quantitative estimate of drug-likeness (QED) is 0.296. The van der Waals surface area contributed by atoms with Gasteiger partial charge in [-0.3, -0.25) is 14.5 Å². The van der Waals surface area contributed by atoms with Crippen LogP contribution in [0, 0.1) is 7.14 Å². The molecule has 0 aliphatic carbocycles. The van der Waals surface area contributed by atoms with Gasteiger partial charge in [0.15, 0.2) is 6.61 Å². The van der Waals surface area contributed by atoms with Crippen molar-refractivity contribution in [1.82, 2.24) is 4.90 Å². The SMILES string of the molecule is COC(=O)COc1c(I)cc(/C=C2/SC(=O)N(C(C)C)C2=O)cc1I. The summed E-state index contributed by atoms with van der Waals surface area (Å²) < 4.78 is 11.6. The molecule has 0 bridgehead atoms. The lowest BCUT2D eigenvalue weighted by atomic mass is 10.2. The van der Waals surface area contributed by atoms with Gasteiger partial charge in [0.1, 0.15) is 5.75 Å². The van der Waals surface area contributed by atoms with Crippen molar-refractivity contribution < 1.29 is 23.9 Å². The van der Waals surface area contributed by atoms with Crippen molar-refractivity contribution in [3.05, 3.63) is 29.7 Å². The number of carbonyl (C=O) groups excluding carboxylic acids is 3. The molecular weight excluding hydrogens is 572 g/mol. The third-order valence-electron chi connectivity index (χ3n) is 3.22. The first-order valence-electron chi connectivity index (χ1n) is 7.20. The monoisotopic (exact) mass is 587 g/mol. The smallest absolute Gasteiger partial charge is 0.343 e. The molecule has 1 heterocycles. The van der Waals surface area contributed by atoms with Crippen LogP contribution in [0.2, 0.25) is 0 Å². The summed E-state index contributed by atoms with van der Waals surface area (Å²) >= 11 is 5.14. The minimum Gasteiger partial charge on any atom is -0.480 e. The normalized spacial score (nSPS) is 16.1. The second-order valence-electron chi connectivity index (χ2n) is 5.32. The molecule has 1 aromatic carbocycles. The number of esters is 1. The van der Waals surface area contributed by atoms with Crippen LogP contribution >= 0.6 is 56.9 Å². The molecule has 2 amide bonds. The first kappa shape index (κ1) is 20.5. The van der Waals surface area contributed by atoms with E-state index in [9.17, 15) is 14.4 Å². The minimum atomic E-state index is -0.460. The minimum absolute atomic E-state index is 0.172. The average molecular weight is 587 g/mol. The molecule has 1 aromatic rings. The summed E-state index contributed by atoms with van der Waals surface area (Å²) in [6, 6.07) is 3.49. The molecule has 0 unspecified atom stereocenters. The Morgan fingerprint density at radius 3 is 2.36 bits per heavy atom. The average Bonchev–Trinajstić information content (AvgIpc) is 2.80. The van der Waals surface area contributed by atoms with E-state index in [2.05, 4.69) is 49.9 Å². The number of benzene rings is 1. The van der Waals surface area contributed by atoms with Crippen LogP contribution < -0.4 is 4.74 Å². The molecule has 134 valence electrons. The standard InChI is InChI=1S/C16H15I2NO5S/c1-8(2)19-15(21)12(25-16(19)22)6-9-4-10(17)14(11(18)5-9)24-7-13(20)23-3/h4-6,8H,7H2,1-3H3/b12-6+. The van der Waals surface area contributed by atoms with Gasteiger partial charge in [0.25, 0.3) is 11.1 Å². The van der Waals surface area contributed by atoms with Gasteiger partial charge in [0.05, 0.1) is 19.2 Å². The first-order valence-corrected chi connectivity index (χ1v) is 10.2. The van der Waals surface area contributed by atoms with Crippen LogP contribution in [0.3, 0.4) is 0 Å². The summed E-state index contributed by atoms with van der Waals surface area (Å²) in [7, 11) is 1.30. The lowest BCUT2D eigenvalue weighted by molar-refractivity contribution is -0.143. The molecule has 0 aromatic heterocycles. The van der Waals surface area contributed by atoms with E-state index in [0.29, 0.717) is 10.7 Å². The predicted octanol–water partition coefficient (Wildman–Crippen LogP) is 3.89. The summed E-state index contributed by atoms with van der Waals surface area (Å²) in [5.74, 6) is -0.155. The first-order chi connectivity index (χ1) is 11.7. The highest BCUT2D eigenvalue weighted by Crippen LogP contribution is 2.35. The largest absolute Gasteiger partial charge is 0.480 e. The van der Waals surface area contributed by atoms with Crippen molar-refractivity contribution in [3.63, 3.8) is 0 Å². The van der Waals surface area contributed by atoms with Crippen molar-refractivity contribution in [3.8, 4) is 5.75 Å². The summed E-state index contributed by atoms with van der Waals surface area (Å²) in [5, 5.41) is -0.256. The number of halogens is 2. The number of carbonyl (C=O) groups is 3. The van der Waals surface area contributed by atoms with Crippen molar-refractivity contribution >= 4 is 80.1 Å². The zero-order valence-corrected chi connectivity index (χ0v) is 18.8. The molecule has 0 saturated carbocycles. The molecule has 6 nitrogen and oxygen atoms in total. The van der Waals surface area contributed by atoms with Crippen molar-refractivity contribution in [1.29, 1.82) is 0 Å². The highest BCUT2D eigenvalue weighted by Gasteiger charge is 2.36. The Bertz CT molecular complexity index is 740. The van der Waals surface area contributed by atoms with Crippen LogP contribution in [0.15, 0.2) is 17.0 Å². The summed E-state index contributed by atoms with van der Waals surface area (Å²) in [6.45, 7) is 3.44. The maximum atomic E-state index is 12.3. The van der Waals surface area contributed by atoms with Crippen LogP contribution in [0.4, 0.5) is 4.79 Å². The molecule has 0 radical (unpaired) electrons. The Balaban J connectivity index is 2.26. The number of methoxy groups -OCH3 is 1. The van der Waals surface area contributed by atoms with Gasteiger partial charge < -0.3 is 9.47 Å². The van der Waals surface area contributed by atoms with Crippen molar-refractivity contribution in [2.75, 3.05) is 13.7 Å². The zero-order chi connectivity index (χ0) is 18.7. The van der Waals surface area contributed by atoms with E-state index in [1.165, 1.54) is 12.0 Å².